The zero-order chi connectivity index (χ0) is 18.9. The zero-order valence-corrected chi connectivity index (χ0v) is 15.5. The van der Waals surface area contributed by atoms with E-state index in [0.717, 1.165) is 0 Å². The molecule has 0 saturated carbocycles. The normalized spacial score (nSPS) is 23.0. The van der Waals surface area contributed by atoms with Crippen LogP contribution in [-0.4, -0.2) is 61.8 Å². The number of carbonyl (C=O) groups excluding carboxylic acids is 1. The molecule has 142 valence electrons. The van der Waals surface area contributed by atoms with E-state index >= 15 is 0 Å². The second kappa shape index (κ2) is 7.22. The molecule has 0 radical (unpaired) electrons. The Bertz CT molecular complexity index is 802. The minimum atomic E-state index is -3.03. The highest BCUT2D eigenvalue weighted by molar-refractivity contribution is 7.91. The first-order chi connectivity index (χ1) is 12.3. The van der Waals surface area contributed by atoms with E-state index in [2.05, 4.69) is 0 Å². The first-order valence-electron chi connectivity index (χ1n) is 8.74. The largest absolute Gasteiger partial charge is 0.366 e. The maximum atomic E-state index is 12.7. The van der Waals surface area contributed by atoms with Crippen LogP contribution in [0.15, 0.2) is 24.3 Å². The highest BCUT2D eigenvalue weighted by Crippen LogP contribution is 2.32. The van der Waals surface area contributed by atoms with Gasteiger partial charge < -0.3 is 9.80 Å². The Labute approximate surface area is 152 Å². The monoisotopic (exact) mass is 381 g/mol. The van der Waals surface area contributed by atoms with Gasteiger partial charge in [-0.1, -0.05) is 12.1 Å². The number of anilines is 1. The Hall–Kier alpha value is -2.16. The lowest BCUT2D eigenvalue weighted by Crippen LogP contribution is -2.45. The number of carbonyl (C=O) groups is 1. The third-order valence-electron chi connectivity index (χ3n) is 5.37. The summed E-state index contributed by atoms with van der Waals surface area (Å²) in [7, 11) is -1.35. The molecule has 1 aromatic carbocycles. The fourth-order valence-corrected chi connectivity index (χ4v) is 5.58. The lowest BCUT2D eigenvalue weighted by molar-refractivity contribution is -0.384. The molecule has 0 spiro atoms. The van der Waals surface area contributed by atoms with Crippen molar-refractivity contribution in [2.45, 2.75) is 25.3 Å². The molecular formula is C17H23N3O5S. The Balaban J connectivity index is 1.62. The third kappa shape index (κ3) is 3.82. The van der Waals surface area contributed by atoms with Crippen LogP contribution in [0, 0.1) is 16.0 Å². The summed E-state index contributed by atoms with van der Waals surface area (Å²) < 4.78 is 23.3. The maximum absolute atomic E-state index is 12.7. The molecular weight excluding hydrogens is 358 g/mol. The summed E-state index contributed by atoms with van der Waals surface area (Å²) >= 11 is 0. The van der Waals surface area contributed by atoms with Gasteiger partial charge in [0.05, 0.1) is 16.4 Å². The molecule has 1 unspecified atom stereocenters. The van der Waals surface area contributed by atoms with E-state index in [9.17, 15) is 23.3 Å². The van der Waals surface area contributed by atoms with Crippen LogP contribution in [0.2, 0.25) is 0 Å². The van der Waals surface area contributed by atoms with Gasteiger partial charge in [-0.3, -0.25) is 14.9 Å². The first-order valence-corrected chi connectivity index (χ1v) is 10.6. The number of piperidine rings is 1. The lowest BCUT2D eigenvalue weighted by Gasteiger charge is -2.35. The Kier molecular flexibility index (Phi) is 5.17. The lowest BCUT2D eigenvalue weighted by atomic mass is 9.94. The average Bonchev–Trinajstić information content (AvgIpc) is 3.00. The van der Waals surface area contributed by atoms with Gasteiger partial charge in [-0.15, -0.1) is 0 Å². The number of hydrogen-bond donors (Lipinski definition) is 0. The molecule has 2 aliphatic rings. The second-order valence-electron chi connectivity index (χ2n) is 7.01. The van der Waals surface area contributed by atoms with Gasteiger partial charge >= 0.3 is 0 Å². The molecule has 1 amide bonds. The summed E-state index contributed by atoms with van der Waals surface area (Å²) in [6.45, 7) is 1.14. The number of rotatable bonds is 4. The van der Waals surface area contributed by atoms with Gasteiger partial charge in [-0.2, -0.15) is 0 Å². The van der Waals surface area contributed by atoms with Gasteiger partial charge in [0, 0.05) is 38.2 Å². The molecule has 0 aliphatic carbocycles. The number of sulfone groups is 1. The molecule has 2 aliphatic heterocycles. The number of para-hydroxylation sites is 2. The fraction of sp³-hybridized carbons (Fsp3) is 0.588. The van der Waals surface area contributed by atoms with Crippen molar-refractivity contribution < 1.29 is 18.1 Å². The third-order valence-corrected chi connectivity index (χ3v) is 7.12. The van der Waals surface area contributed by atoms with Crippen LogP contribution in [0.5, 0.6) is 0 Å². The van der Waals surface area contributed by atoms with Crippen LogP contribution in [0.25, 0.3) is 0 Å². The molecule has 0 aromatic heterocycles. The molecule has 2 fully saturated rings. The molecule has 26 heavy (non-hydrogen) atoms. The highest BCUT2D eigenvalue weighted by atomic mass is 32.2. The Morgan fingerprint density at radius 2 is 1.88 bits per heavy atom. The maximum Gasteiger partial charge on any atom is 0.292 e. The van der Waals surface area contributed by atoms with E-state index in [1.54, 1.807) is 30.1 Å². The molecule has 0 N–H and O–H groups in total. The van der Waals surface area contributed by atoms with Gasteiger partial charge in [0.2, 0.25) is 5.91 Å². The summed E-state index contributed by atoms with van der Waals surface area (Å²) in [6.07, 6.45) is 1.71. The highest BCUT2D eigenvalue weighted by Gasteiger charge is 2.36. The van der Waals surface area contributed by atoms with Crippen LogP contribution in [0.3, 0.4) is 0 Å². The number of amides is 1. The Morgan fingerprint density at radius 3 is 2.46 bits per heavy atom. The number of nitro benzene ring substituents is 1. The topological polar surface area (TPSA) is 101 Å². The van der Waals surface area contributed by atoms with Gasteiger partial charge in [0.15, 0.2) is 9.84 Å². The second-order valence-corrected chi connectivity index (χ2v) is 9.24. The molecule has 9 heteroatoms. The van der Waals surface area contributed by atoms with Crippen LogP contribution in [-0.2, 0) is 14.6 Å². The predicted octanol–water partition coefficient (Wildman–Crippen LogP) is 1.46. The van der Waals surface area contributed by atoms with Crippen molar-refractivity contribution in [2.75, 3.05) is 36.5 Å². The fourth-order valence-electron chi connectivity index (χ4n) is 3.80. The van der Waals surface area contributed by atoms with E-state index < -0.39 is 9.84 Å². The number of nitro groups is 1. The van der Waals surface area contributed by atoms with Crippen LogP contribution in [0.4, 0.5) is 11.4 Å². The molecule has 2 saturated heterocycles. The van der Waals surface area contributed by atoms with Gasteiger partial charge in [-0.25, -0.2) is 8.42 Å². The minimum Gasteiger partial charge on any atom is -0.366 e. The summed E-state index contributed by atoms with van der Waals surface area (Å²) in [5.74, 6) is 0.00651. The van der Waals surface area contributed by atoms with E-state index in [4.69, 9.17) is 0 Å². The van der Waals surface area contributed by atoms with Crippen molar-refractivity contribution in [1.29, 1.82) is 0 Å². The van der Waals surface area contributed by atoms with Crippen molar-refractivity contribution in [3.63, 3.8) is 0 Å². The summed E-state index contributed by atoms with van der Waals surface area (Å²) in [5.41, 5.74) is 0.657. The van der Waals surface area contributed by atoms with E-state index in [0.29, 0.717) is 38.0 Å². The van der Waals surface area contributed by atoms with Crippen LogP contribution >= 0.6 is 0 Å². The van der Waals surface area contributed by atoms with Crippen molar-refractivity contribution in [2.24, 2.45) is 5.92 Å². The van der Waals surface area contributed by atoms with Crippen molar-refractivity contribution in [3.05, 3.63) is 34.4 Å². The van der Waals surface area contributed by atoms with Crippen LogP contribution in [0.1, 0.15) is 19.3 Å². The summed E-state index contributed by atoms with van der Waals surface area (Å²) in [6, 6.07) is 6.40. The van der Waals surface area contributed by atoms with E-state index in [1.165, 1.54) is 6.07 Å². The van der Waals surface area contributed by atoms with Crippen molar-refractivity contribution in [3.8, 4) is 0 Å². The minimum absolute atomic E-state index is 0.0192. The van der Waals surface area contributed by atoms with E-state index in [1.807, 2.05) is 4.90 Å². The summed E-state index contributed by atoms with van der Waals surface area (Å²) in [5, 5.41) is 11.2. The predicted molar refractivity (Wildman–Crippen MR) is 97.9 cm³/mol. The van der Waals surface area contributed by atoms with Gasteiger partial charge in [0.1, 0.15) is 5.69 Å². The summed E-state index contributed by atoms with van der Waals surface area (Å²) in [4.78, 5) is 27.1. The Morgan fingerprint density at radius 1 is 1.23 bits per heavy atom. The van der Waals surface area contributed by atoms with E-state index in [-0.39, 0.29) is 40.0 Å². The number of hydrogen-bond acceptors (Lipinski definition) is 6. The van der Waals surface area contributed by atoms with Gasteiger partial charge in [-0.05, 0) is 25.3 Å². The average molecular weight is 381 g/mol. The smallest absolute Gasteiger partial charge is 0.292 e. The number of benzene rings is 1. The standard InChI is InChI=1S/C17H23N3O5S/c1-18(14-8-11-26(24,25)12-14)17(21)13-6-9-19(10-7-13)15-4-2-3-5-16(15)20(22)23/h2-5,13-14H,6-12H2,1H3. The molecule has 8 nitrogen and oxygen atoms in total. The molecule has 2 heterocycles. The molecule has 3 rings (SSSR count). The zero-order valence-electron chi connectivity index (χ0n) is 14.7. The first kappa shape index (κ1) is 18.6. The van der Waals surface area contributed by atoms with Crippen LogP contribution < -0.4 is 4.90 Å². The molecule has 1 atom stereocenters. The van der Waals surface area contributed by atoms with Gasteiger partial charge in [0.25, 0.3) is 5.69 Å². The molecule has 1 aromatic rings. The number of nitrogens with zero attached hydrogens (tertiary/aromatic N) is 3. The van der Waals surface area contributed by atoms with Crippen molar-refractivity contribution in [1.82, 2.24) is 4.90 Å². The SMILES string of the molecule is CN(C(=O)C1CCN(c2ccccc2[N+](=O)[O-])CC1)C1CCS(=O)(=O)C1. The van der Waals surface area contributed by atoms with Crippen molar-refractivity contribution >= 4 is 27.1 Å². The molecule has 0 bridgehead atoms. The quantitative estimate of drug-likeness (QED) is 0.578.